The molecule has 0 aromatic carbocycles. The zero-order valence-corrected chi connectivity index (χ0v) is 9.51. The topological polar surface area (TPSA) is 69.0 Å². The van der Waals surface area contributed by atoms with E-state index in [4.69, 9.17) is 4.74 Å². The highest BCUT2D eigenvalue weighted by Crippen LogP contribution is 2.28. The summed E-state index contributed by atoms with van der Waals surface area (Å²) in [6, 6.07) is -0.0892. The van der Waals surface area contributed by atoms with Gasteiger partial charge in [0, 0.05) is 7.05 Å². The van der Waals surface area contributed by atoms with E-state index in [0.29, 0.717) is 0 Å². The number of piperidine rings is 1. The van der Waals surface area contributed by atoms with Crippen molar-refractivity contribution >= 4 is 5.97 Å². The van der Waals surface area contributed by atoms with Crippen LogP contribution in [0.5, 0.6) is 0 Å². The third kappa shape index (κ3) is 1.92. The molecule has 1 aromatic rings. The van der Waals surface area contributed by atoms with Gasteiger partial charge in [-0.1, -0.05) is 0 Å². The number of hydrogen-bond acceptors (Lipinski definition) is 5. The molecule has 16 heavy (non-hydrogen) atoms. The Morgan fingerprint density at radius 1 is 1.69 bits per heavy atom. The molecule has 1 saturated heterocycles. The summed E-state index contributed by atoms with van der Waals surface area (Å²) in [5.41, 5.74) is 0. The van der Waals surface area contributed by atoms with Gasteiger partial charge in [0.1, 0.15) is 6.33 Å². The lowest BCUT2D eigenvalue weighted by Crippen LogP contribution is -2.40. The van der Waals surface area contributed by atoms with Gasteiger partial charge in [0.05, 0.1) is 19.1 Å². The van der Waals surface area contributed by atoms with E-state index in [2.05, 4.69) is 15.5 Å². The van der Waals surface area contributed by atoms with Crippen molar-refractivity contribution in [3.05, 3.63) is 12.2 Å². The molecule has 0 spiro atoms. The van der Waals surface area contributed by atoms with Gasteiger partial charge in [0.15, 0.2) is 5.82 Å². The fraction of sp³-hybridized carbons (Fsp3) is 0.700. The highest BCUT2D eigenvalue weighted by molar-refractivity contribution is 5.73. The number of nitrogens with zero attached hydrogens (tertiary/aromatic N) is 3. The second-order valence-corrected chi connectivity index (χ2v) is 4.00. The normalized spacial score (nSPS) is 25.4. The van der Waals surface area contributed by atoms with Gasteiger partial charge in [0.25, 0.3) is 0 Å². The van der Waals surface area contributed by atoms with Gasteiger partial charge >= 0.3 is 5.97 Å². The SMILES string of the molecule is COC(=O)[C@@H]1CCCN[C@@H]1c1nncn1C. The highest BCUT2D eigenvalue weighted by Gasteiger charge is 2.35. The molecule has 1 aromatic heterocycles. The van der Waals surface area contributed by atoms with Gasteiger partial charge in [0.2, 0.25) is 0 Å². The molecule has 0 unspecified atom stereocenters. The first kappa shape index (κ1) is 11.1. The van der Waals surface area contributed by atoms with Crippen LogP contribution in [0.25, 0.3) is 0 Å². The Labute approximate surface area is 94.0 Å². The summed E-state index contributed by atoms with van der Waals surface area (Å²) in [7, 11) is 3.30. The third-order valence-corrected chi connectivity index (χ3v) is 2.99. The molecular formula is C10H16N4O2. The lowest BCUT2D eigenvalue weighted by Gasteiger charge is -2.29. The van der Waals surface area contributed by atoms with Gasteiger partial charge in [-0.15, -0.1) is 10.2 Å². The van der Waals surface area contributed by atoms with Crippen LogP contribution in [-0.2, 0) is 16.6 Å². The maximum absolute atomic E-state index is 11.7. The number of carbonyl (C=O) groups excluding carboxylic acids is 1. The number of rotatable bonds is 2. The van der Waals surface area contributed by atoms with Crippen LogP contribution in [0.1, 0.15) is 24.7 Å². The molecule has 2 heterocycles. The first-order valence-electron chi connectivity index (χ1n) is 5.39. The average Bonchev–Trinajstić information content (AvgIpc) is 2.74. The Balaban J connectivity index is 2.23. The second kappa shape index (κ2) is 4.61. The Bertz CT molecular complexity index is 377. The molecule has 88 valence electrons. The van der Waals surface area contributed by atoms with Crippen molar-refractivity contribution in [1.29, 1.82) is 0 Å². The van der Waals surface area contributed by atoms with Gasteiger partial charge in [-0.05, 0) is 19.4 Å². The summed E-state index contributed by atoms with van der Waals surface area (Å²) in [5.74, 6) is 0.442. The van der Waals surface area contributed by atoms with Gasteiger partial charge in [-0.2, -0.15) is 0 Å². The van der Waals surface area contributed by atoms with E-state index < -0.39 is 0 Å². The molecule has 1 aliphatic rings. The minimum atomic E-state index is -0.180. The highest BCUT2D eigenvalue weighted by atomic mass is 16.5. The summed E-state index contributed by atoms with van der Waals surface area (Å²) < 4.78 is 6.65. The predicted octanol–water partition coefficient (Wildman–Crippen LogP) is 0.0288. The van der Waals surface area contributed by atoms with Crippen molar-refractivity contribution in [3.63, 3.8) is 0 Å². The largest absolute Gasteiger partial charge is 0.469 e. The molecule has 1 fully saturated rings. The number of ether oxygens (including phenoxy) is 1. The van der Waals surface area contributed by atoms with E-state index in [0.717, 1.165) is 25.2 Å². The van der Waals surface area contributed by atoms with Crippen LogP contribution in [0.15, 0.2) is 6.33 Å². The fourth-order valence-corrected chi connectivity index (χ4v) is 2.14. The van der Waals surface area contributed by atoms with E-state index in [1.165, 1.54) is 7.11 Å². The third-order valence-electron chi connectivity index (χ3n) is 2.99. The van der Waals surface area contributed by atoms with Gasteiger partial charge in [-0.3, -0.25) is 4.79 Å². The monoisotopic (exact) mass is 224 g/mol. The minimum Gasteiger partial charge on any atom is -0.469 e. The quantitative estimate of drug-likeness (QED) is 0.718. The van der Waals surface area contributed by atoms with Crippen LogP contribution in [0.3, 0.4) is 0 Å². The van der Waals surface area contributed by atoms with Crippen molar-refractivity contribution in [2.45, 2.75) is 18.9 Å². The van der Waals surface area contributed by atoms with Gasteiger partial charge < -0.3 is 14.6 Å². The van der Waals surface area contributed by atoms with Crippen LogP contribution >= 0.6 is 0 Å². The van der Waals surface area contributed by atoms with Crippen molar-refractivity contribution < 1.29 is 9.53 Å². The zero-order chi connectivity index (χ0) is 11.5. The molecule has 0 aliphatic carbocycles. The molecule has 0 bridgehead atoms. The van der Waals surface area contributed by atoms with Crippen LogP contribution in [-0.4, -0.2) is 34.4 Å². The first-order valence-corrected chi connectivity index (χ1v) is 5.39. The summed E-state index contributed by atoms with van der Waals surface area (Å²) in [4.78, 5) is 11.7. The second-order valence-electron chi connectivity index (χ2n) is 4.00. The number of nitrogens with one attached hydrogen (secondary N) is 1. The Morgan fingerprint density at radius 3 is 3.12 bits per heavy atom. The summed E-state index contributed by atoms with van der Waals surface area (Å²) >= 11 is 0. The molecular weight excluding hydrogens is 208 g/mol. The smallest absolute Gasteiger partial charge is 0.310 e. The van der Waals surface area contributed by atoms with Crippen molar-refractivity contribution in [1.82, 2.24) is 20.1 Å². The van der Waals surface area contributed by atoms with E-state index in [1.54, 1.807) is 6.33 Å². The molecule has 6 heteroatoms. The molecule has 1 aliphatic heterocycles. The molecule has 0 amide bonds. The lowest BCUT2D eigenvalue weighted by atomic mass is 9.90. The van der Waals surface area contributed by atoms with Crippen LogP contribution in [0.2, 0.25) is 0 Å². The van der Waals surface area contributed by atoms with E-state index in [1.807, 2.05) is 11.6 Å². The Hall–Kier alpha value is -1.43. The van der Waals surface area contributed by atoms with E-state index in [9.17, 15) is 4.79 Å². The van der Waals surface area contributed by atoms with Crippen LogP contribution in [0.4, 0.5) is 0 Å². The van der Waals surface area contributed by atoms with Gasteiger partial charge in [-0.25, -0.2) is 0 Å². The number of esters is 1. The molecule has 2 atom stereocenters. The van der Waals surface area contributed by atoms with Crippen LogP contribution in [0, 0.1) is 5.92 Å². The molecule has 0 radical (unpaired) electrons. The van der Waals surface area contributed by atoms with E-state index in [-0.39, 0.29) is 17.9 Å². The summed E-state index contributed by atoms with van der Waals surface area (Å²) in [6.45, 7) is 0.894. The lowest BCUT2D eigenvalue weighted by molar-refractivity contribution is -0.147. The molecule has 2 rings (SSSR count). The molecule has 6 nitrogen and oxygen atoms in total. The summed E-state index contributed by atoms with van der Waals surface area (Å²) in [5, 5.41) is 11.2. The standard InChI is InChI=1S/C10H16N4O2/c1-14-6-12-13-9(14)8-7(10(15)16-2)4-3-5-11-8/h6-8,11H,3-5H2,1-2H3/t7-,8+/m1/s1. The number of hydrogen-bond donors (Lipinski definition) is 1. The van der Waals surface area contributed by atoms with Crippen LogP contribution < -0.4 is 5.32 Å². The molecule has 1 N–H and O–H groups in total. The maximum atomic E-state index is 11.7. The van der Waals surface area contributed by atoms with E-state index >= 15 is 0 Å². The number of carbonyl (C=O) groups is 1. The summed E-state index contributed by atoms with van der Waals surface area (Å²) in [6.07, 6.45) is 3.45. The predicted molar refractivity (Wildman–Crippen MR) is 56.5 cm³/mol. The molecule has 0 saturated carbocycles. The number of aromatic nitrogens is 3. The first-order chi connectivity index (χ1) is 7.74. The number of methoxy groups -OCH3 is 1. The Kier molecular flexibility index (Phi) is 3.19. The van der Waals surface area contributed by atoms with Crippen molar-refractivity contribution in [2.75, 3.05) is 13.7 Å². The maximum Gasteiger partial charge on any atom is 0.310 e. The minimum absolute atomic E-state index is 0.0892. The number of aryl methyl sites for hydroxylation is 1. The average molecular weight is 224 g/mol. The zero-order valence-electron chi connectivity index (χ0n) is 9.51. The Morgan fingerprint density at radius 2 is 2.50 bits per heavy atom. The van der Waals surface area contributed by atoms with Crippen molar-refractivity contribution in [2.24, 2.45) is 13.0 Å². The van der Waals surface area contributed by atoms with Crippen molar-refractivity contribution in [3.8, 4) is 0 Å². The fourth-order valence-electron chi connectivity index (χ4n) is 2.14.